The normalized spacial score (nSPS) is 13.5. The van der Waals surface area contributed by atoms with Gasteiger partial charge in [0.15, 0.2) is 0 Å². The maximum absolute atomic E-state index is 11.1. The van der Waals surface area contributed by atoms with Crippen molar-refractivity contribution in [2.75, 3.05) is 0 Å². The van der Waals surface area contributed by atoms with E-state index in [1.54, 1.807) is 0 Å². The lowest BCUT2D eigenvalue weighted by atomic mass is 9.77. The summed E-state index contributed by atoms with van der Waals surface area (Å²) >= 11 is 0. The molecule has 0 saturated heterocycles. The van der Waals surface area contributed by atoms with E-state index in [-0.39, 0.29) is 5.75 Å². The lowest BCUT2D eigenvalue weighted by Gasteiger charge is -2.27. The van der Waals surface area contributed by atoms with Gasteiger partial charge in [-0.3, -0.25) is 9.78 Å². The molecule has 0 spiro atoms. The Labute approximate surface area is 88.6 Å². The van der Waals surface area contributed by atoms with Gasteiger partial charge in [-0.25, -0.2) is 0 Å². The molecule has 2 N–H and O–H groups in total. The fourth-order valence-corrected chi connectivity index (χ4v) is 1.62. The van der Waals surface area contributed by atoms with Crippen molar-refractivity contribution in [1.29, 1.82) is 0 Å². The van der Waals surface area contributed by atoms with Crippen LogP contribution in [-0.2, 0) is 4.79 Å². The maximum Gasteiger partial charge on any atom is 0.311 e. The Kier molecular flexibility index (Phi) is 2.98. The number of hydrogen-bond acceptors (Lipinski definition) is 3. The number of aromatic nitrogens is 1. The molecule has 4 heteroatoms. The van der Waals surface area contributed by atoms with Crippen LogP contribution in [0.15, 0.2) is 18.5 Å². The second kappa shape index (κ2) is 3.88. The van der Waals surface area contributed by atoms with Gasteiger partial charge in [-0.05, 0) is 17.0 Å². The Morgan fingerprint density at radius 3 is 2.40 bits per heavy atom. The summed E-state index contributed by atoms with van der Waals surface area (Å²) in [6.45, 7) is 5.53. The molecule has 0 fully saturated rings. The van der Waals surface area contributed by atoms with E-state index in [2.05, 4.69) is 4.98 Å². The summed E-state index contributed by atoms with van der Waals surface area (Å²) in [6, 6.07) is 1.44. The van der Waals surface area contributed by atoms with Gasteiger partial charge < -0.3 is 10.2 Å². The standard InChI is InChI=1S/C11H15NO3/c1-11(2,3)9(10(14)15)7-4-8(13)6-12-5-7/h4-6,9,13H,1-3H3,(H,14,15). The summed E-state index contributed by atoms with van der Waals surface area (Å²) in [6.07, 6.45) is 2.76. The van der Waals surface area contributed by atoms with Crippen LogP contribution >= 0.6 is 0 Å². The number of aliphatic carboxylic acids is 1. The third-order valence-corrected chi connectivity index (χ3v) is 2.19. The average Bonchev–Trinajstić information content (AvgIpc) is 1.99. The van der Waals surface area contributed by atoms with Gasteiger partial charge in [0.05, 0.1) is 12.1 Å². The zero-order valence-corrected chi connectivity index (χ0v) is 9.06. The van der Waals surface area contributed by atoms with Gasteiger partial charge in [-0.1, -0.05) is 20.8 Å². The van der Waals surface area contributed by atoms with E-state index in [1.165, 1.54) is 18.5 Å². The molecule has 4 nitrogen and oxygen atoms in total. The Morgan fingerprint density at radius 2 is 2.00 bits per heavy atom. The molecule has 1 atom stereocenters. The summed E-state index contributed by atoms with van der Waals surface area (Å²) in [5.41, 5.74) is 0.108. The molecule has 1 rings (SSSR count). The molecule has 82 valence electrons. The van der Waals surface area contributed by atoms with Crippen LogP contribution in [0.5, 0.6) is 5.75 Å². The van der Waals surface area contributed by atoms with Gasteiger partial charge in [-0.2, -0.15) is 0 Å². The number of carboxylic acids is 1. The molecule has 0 aliphatic rings. The van der Waals surface area contributed by atoms with Crippen LogP contribution in [0, 0.1) is 5.41 Å². The number of rotatable bonds is 2. The van der Waals surface area contributed by atoms with E-state index in [0.29, 0.717) is 5.56 Å². The summed E-state index contributed by atoms with van der Waals surface area (Å²) in [5.74, 6) is -1.59. The summed E-state index contributed by atoms with van der Waals surface area (Å²) in [5, 5.41) is 18.4. The lowest BCUT2D eigenvalue weighted by molar-refractivity contribution is -0.141. The molecular weight excluding hydrogens is 194 g/mol. The highest BCUT2D eigenvalue weighted by atomic mass is 16.4. The minimum Gasteiger partial charge on any atom is -0.506 e. The van der Waals surface area contributed by atoms with Crippen molar-refractivity contribution >= 4 is 5.97 Å². The number of aromatic hydroxyl groups is 1. The van der Waals surface area contributed by atoms with Crippen molar-refractivity contribution in [3.8, 4) is 5.75 Å². The van der Waals surface area contributed by atoms with Crippen molar-refractivity contribution in [2.24, 2.45) is 5.41 Å². The molecule has 0 bridgehead atoms. The average molecular weight is 209 g/mol. The third-order valence-electron chi connectivity index (χ3n) is 2.19. The molecule has 0 amide bonds. The topological polar surface area (TPSA) is 70.4 Å². The van der Waals surface area contributed by atoms with Crippen LogP contribution in [0.4, 0.5) is 0 Å². The fourth-order valence-electron chi connectivity index (χ4n) is 1.62. The van der Waals surface area contributed by atoms with E-state index in [4.69, 9.17) is 5.11 Å². The fraction of sp³-hybridized carbons (Fsp3) is 0.455. The third kappa shape index (κ3) is 2.68. The minimum absolute atomic E-state index is 0.0111. The molecule has 1 aromatic heterocycles. The summed E-state index contributed by atoms with van der Waals surface area (Å²) < 4.78 is 0. The van der Waals surface area contributed by atoms with E-state index < -0.39 is 17.3 Å². The largest absolute Gasteiger partial charge is 0.506 e. The molecule has 0 saturated carbocycles. The molecule has 1 heterocycles. The molecule has 0 radical (unpaired) electrons. The predicted octanol–water partition coefficient (Wildman–Crippen LogP) is 2.00. The van der Waals surface area contributed by atoms with Crippen LogP contribution in [0.1, 0.15) is 32.3 Å². The first-order chi connectivity index (χ1) is 6.82. The van der Waals surface area contributed by atoms with Crippen molar-refractivity contribution < 1.29 is 15.0 Å². The first kappa shape index (κ1) is 11.5. The number of hydrogen-bond donors (Lipinski definition) is 2. The zero-order chi connectivity index (χ0) is 11.6. The second-order valence-corrected chi connectivity index (χ2v) is 4.61. The van der Waals surface area contributed by atoms with Gasteiger partial charge in [-0.15, -0.1) is 0 Å². The maximum atomic E-state index is 11.1. The molecule has 1 aromatic rings. The number of carboxylic acid groups (broad SMARTS) is 1. The predicted molar refractivity (Wildman–Crippen MR) is 55.7 cm³/mol. The molecule has 0 aliphatic carbocycles. The SMILES string of the molecule is CC(C)(C)C(C(=O)O)c1cncc(O)c1. The quantitative estimate of drug-likeness (QED) is 0.781. The van der Waals surface area contributed by atoms with Crippen LogP contribution in [-0.4, -0.2) is 21.2 Å². The van der Waals surface area contributed by atoms with Crippen molar-refractivity contribution in [2.45, 2.75) is 26.7 Å². The smallest absolute Gasteiger partial charge is 0.311 e. The van der Waals surface area contributed by atoms with Gasteiger partial charge in [0.1, 0.15) is 5.75 Å². The van der Waals surface area contributed by atoms with Crippen LogP contribution in [0.25, 0.3) is 0 Å². The Bertz CT molecular complexity index is 368. The molecule has 0 aliphatic heterocycles. The van der Waals surface area contributed by atoms with Crippen molar-refractivity contribution in [3.05, 3.63) is 24.0 Å². The highest BCUT2D eigenvalue weighted by Gasteiger charge is 2.33. The lowest BCUT2D eigenvalue weighted by Crippen LogP contribution is -2.26. The van der Waals surface area contributed by atoms with Gasteiger partial charge in [0.25, 0.3) is 0 Å². The van der Waals surface area contributed by atoms with Crippen LogP contribution in [0.2, 0.25) is 0 Å². The van der Waals surface area contributed by atoms with Crippen LogP contribution in [0.3, 0.4) is 0 Å². The highest BCUT2D eigenvalue weighted by molar-refractivity contribution is 5.77. The van der Waals surface area contributed by atoms with Crippen molar-refractivity contribution in [3.63, 3.8) is 0 Å². The minimum atomic E-state index is -0.907. The number of pyridine rings is 1. The van der Waals surface area contributed by atoms with E-state index >= 15 is 0 Å². The Morgan fingerprint density at radius 1 is 1.40 bits per heavy atom. The zero-order valence-electron chi connectivity index (χ0n) is 9.06. The first-order valence-electron chi connectivity index (χ1n) is 4.69. The number of nitrogens with zero attached hydrogens (tertiary/aromatic N) is 1. The Hall–Kier alpha value is -1.58. The molecular formula is C11H15NO3. The summed E-state index contributed by atoms with van der Waals surface area (Å²) in [4.78, 5) is 14.9. The Balaban J connectivity index is 3.16. The molecule has 15 heavy (non-hydrogen) atoms. The van der Waals surface area contributed by atoms with Gasteiger partial charge in [0.2, 0.25) is 0 Å². The number of carbonyl (C=O) groups is 1. The van der Waals surface area contributed by atoms with Gasteiger partial charge in [0, 0.05) is 6.20 Å². The van der Waals surface area contributed by atoms with E-state index in [1.807, 2.05) is 20.8 Å². The van der Waals surface area contributed by atoms with E-state index in [9.17, 15) is 9.90 Å². The van der Waals surface area contributed by atoms with E-state index in [0.717, 1.165) is 0 Å². The summed E-state index contributed by atoms with van der Waals surface area (Å²) in [7, 11) is 0. The molecule has 0 aromatic carbocycles. The highest BCUT2D eigenvalue weighted by Crippen LogP contribution is 2.35. The monoisotopic (exact) mass is 209 g/mol. The van der Waals surface area contributed by atoms with Crippen molar-refractivity contribution in [1.82, 2.24) is 4.98 Å². The second-order valence-electron chi connectivity index (χ2n) is 4.61. The molecule has 1 unspecified atom stereocenters. The van der Waals surface area contributed by atoms with Crippen LogP contribution < -0.4 is 0 Å². The van der Waals surface area contributed by atoms with Gasteiger partial charge >= 0.3 is 5.97 Å². The first-order valence-corrected chi connectivity index (χ1v) is 4.69.